The van der Waals surface area contributed by atoms with Gasteiger partial charge in [-0.05, 0) is 43.5 Å². The first-order valence-electron chi connectivity index (χ1n) is 10.9. The molecule has 0 aliphatic heterocycles. The smallest absolute Gasteiger partial charge is 0.0115 e. The Labute approximate surface area is 168 Å². The summed E-state index contributed by atoms with van der Waals surface area (Å²) in [5.41, 5.74) is 2.85. The van der Waals surface area contributed by atoms with E-state index in [1.54, 1.807) is 0 Å². The maximum absolute atomic E-state index is 2.43. The Hall–Kier alpha value is -1.60. The van der Waals surface area contributed by atoms with E-state index in [-0.39, 0.29) is 0 Å². The molecular weight excluding hydrogens is 326 g/mol. The summed E-state index contributed by atoms with van der Waals surface area (Å²) in [5, 5.41) is 0. The molecular formula is C26H41N. The zero-order chi connectivity index (χ0) is 20.1. The lowest BCUT2D eigenvalue weighted by Gasteiger charge is -2.25. The normalized spacial score (nSPS) is 13.2. The van der Waals surface area contributed by atoms with Crippen LogP contribution < -0.4 is 0 Å². The molecule has 1 heteroatoms. The Morgan fingerprint density at radius 1 is 0.741 bits per heavy atom. The summed E-state index contributed by atoms with van der Waals surface area (Å²) in [7, 11) is 2.21. The summed E-state index contributed by atoms with van der Waals surface area (Å²) in [5.74, 6) is 1.18. The highest BCUT2D eigenvalue weighted by Gasteiger charge is 2.19. The lowest BCUT2D eigenvalue weighted by Crippen LogP contribution is -2.30. The molecule has 2 unspecified atom stereocenters. The zero-order valence-corrected chi connectivity index (χ0v) is 18.5. The van der Waals surface area contributed by atoms with Crippen LogP contribution in [0.3, 0.4) is 0 Å². The Morgan fingerprint density at radius 2 is 1.22 bits per heavy atom. The van der Waals surface area contributed by atoms with E-state index >= 15 is 0 Å². The number of rotatable bonds is 9. The van der Waals surface area contributed by atoms with Gasteiger partial charge in [0.2, 0.25) is 0 Å². The predicted octanol–water partition coefficient (Wildman–Crippen LogP) is 7.38. The van der Waals surface area contributed by atoms with Gasteiger partial charge in [0.05, 0.1) is 0 Å². The largest absolute Gasteiger partial charge is 0.304 e. The molecule has 2 atom stereocenters. The average molecular weight is 368 g/mol. The summed E-state index contributed by atoms with van der Waals surface area (Å²) in [6.45, 7) is 12.5. The van der Waals surface area contributed by atoms with Gasteiger partial charge in [-0.1, -0.05) is 108 Å². The molecule has 2 aromatic rings. The molecule has 1 nitrogen and oxygen atoms in total. The molecule has 0 radical (unpaired) electrons. The van der Waals surface area contributed by atoms with Gasteiger partial charge in [0.1, 0.15) is 0 Å². The van der Waals surface area contributed by atoms with Gasteiger partial charge >= 0.3 is 0 Å². The van der Waals surface area contributed by atoms with Crippen molar-refractivity contribution < 1.29 is 0 Å². The minimum Gasteiger partial charge on any atom is -0.304 e. The topological polar surface area (TPSA) is 3.24 Å². The van der Waals surface area contributed by atoms with Crippen molar-refractivity contribution >= 4 is 0 Å². The van der Waals surface area contributed by atoms with Gasteiger partial charge < -0.3 is 4.90 Å². The molecule has 0 aromatic heterocycles. The van der Waals surface area contributed by atoms with Crippen molar-refractivity contribution in [2.75, 3.05) is 13.6 Å². The van der Waals surface area contributed by atoms with Gasteiger partial charge in [-0.2, -0.15) is 0 Å². The molecule has 0 spiro atoms. The monoisotopic (exact) mass is 367 g/mol. The van der Waals surface area contributed by atoms with Crippen molar-refractivity contribution in [3.05, 3.63) is 71.8 Å². The maximum Gasteiger partial charge on any atom is 0.0115 e. The second-order valence-electron chi connectivity index (χ2n) is 7.61. The SMILES string of the molecule is CCC(C)C(c1ccccc1)c1ccccc1.CCCC(CC)N(C)CC. The van der Waals surface area contributed by atoms with Crippen LogP contribution in [0, 0.1) is 5.92 Å². The molecule has 2 rings (SSSR count). The van der Waals surface area contributed by atoms with Gasteiger partial charge in [-0.15, -0.1) is 0 Å². The highest BCUT2D eigenvalue weighted by Crippen LogP contribution is 2.33. The van der Waals surface area contributed by atoms with Crippen LogP contribution in [0.15, 0.2) is 60.7 Å². The van der Waals surface area contributed by atoms with Gasteiger partial charge in [-0.25, -0.2) is 0 Å². The average Bonchev–Trinajstić information content (AvgIpc) is 2.73. The van der Waals surface area contributed by atoms with Crippen LogP contribution in [0.2, 0.25) is 0 Å². The molecule has 0 fully saturated rings. The van der Waals surface area contributed by atoms with Crippen LogP contribution in [0.4, 0.5) is 0 Å². The Kier molecular flexibility index (Phi) is 11.8. The first-order valence-corrected chi connectivity index (χ1v) is 10.9. The fraction of sp³-hybridized carbons (Fsp3) is 0.538. The second kappa shape index (κ2) is 13.6. The standard InChI is InChI=1S/C17H20.C9H21N/c1-3-14(2)17(15-10-6-4-7-11-15)16-12-8-5-9-13-16;1-5-8-9(6-2)10(4)7-3/h4-14,17H,3H2,1-2H3;9H,5-8H2,1-4H3. The van der Waals surface area contributed by atoms with Crippen LogP contribution in [-0.4, -0.2) is 24.5 Å². The summed E-state index contributed by atoms with van der Waals surface area (Å²) >= 11 is 0. The Morgan fingerprint density at radius 3 is 1.56 bits per heavy atom. The molecule has 0 saturated heterocycles. The molecule has 150 valence electrons. The number of benzene rings is 2. The van der Waals surface area contributed by atoms with E-state index in [2.05, 4.69) is 107 Å². The van der Waals surface area contributed by atoms with E-state index in [0.717, 1.165) is 6.04 Å². The van der Waals surface area contributed by atoms with E-state index in [4.69, 9.17) is 0 Å². The lowest BCUT2D eigenvalue weighted by molar-refractivity contribution is 0.234. The van der Waals surface area contributed by atoms with Crippen molar-refractivity contribution in [3.63, 3.8) is 0 Å². The minimum atomic E-state index is 0.516. The number of nitrogens with zero attached hydrogens (tertiary/aromatic N) is 1. The third kappa shape index (κ3) is 7.89. The molecule has 0 saturated carbocycles. The van der Waals surface area contributed by atoms with Crippen LogP contribution in [0.25, 0.3) is 0 Å². The van der Waals surface area contributed by atoms with E-state index in [1.165, 1.54) is 43.4 Å². The highest BCUT2D eigenvalue weighted by molar-refractivity contribution is 5.32. The highest BCUT2D eigenvalue weighted by atomic mass is 15.1. The van der Waals surface area contributed by atoms with E-state index in [0.29, 0.717) is 11.8 Å². The van der Waals surface area contributed by atoms with E-state index in [9.17, 15) is 0 Å². The van der Waals surface area contributed by atoms with Gasteiger partial charge in [-0.3, -0.25) is 0 Å². The third-order valence-electron chi connectivity index (χ3n) is 5.75. The molecule has 0 aliphatic rings. The molecule has 0 aliphatic carbocycles. The number of hydrogen-bond donors (Lipinski definition) is 0. The summed E-state index contributed by atoms with van der Waals surface area (Å²) in [6, 6.07) is 22.5. The van der Waals surface area contributed by atoms with Crippen molar-refractivity contribution in [1.29, 1.82) is 0 Å². The van der Waals surface area contributed by atoms with Crippen molar-refractivity contribution in [1.82, 2.24) is 4.90 Å². The molecule has 27 heavy (non-hydrogen) atoms. The van der Waals surface area contributed by atoms with Gasteiger partial charge in [0, 0.05) is 12.0 Å². The first kappa shape index (κ1) is 23.4. The van der Waals surface area contributed by atoms with Crippen LogP contribution in [0.1, 0.15) is 77.3 Å². The van der Waals surface area contributed by atoms with Crippen molar-refractivity contribution in [2.45, 2.75) is 72.3 Å². The van der Waals surface area contributed by atoms with Crippen LogP contribution >= 0.6 is 0 Å². The molecule has 0 N–H and O–H groups in total. The van der Waals surface area contributed by atoms with Crippen molar-refractivity contribution in [2.24, 2.45) is 5.92 Å². The Bertz CT molecular complexity index is 538. The van der Waals surface area contributed by atoms with Gasteiger partial charge in [0.25, 0.3) is 0 Å². The Balaban J connectivity index is 0.000000314. The summed E-state index contributed by atoms with van der Waals surface area (Å²) in [4.78, 5) is 2.43. The molecule has 0 amide bonds. The first-order chi connectivity index (χ1) is 13.1. The van der Waals surface area contributed by atoms with Crippen LogP contribution in [0.5, 0.6) is 0 Å². The fourth-order valence-corrected chi connectivity index (χ4v) is 3.73. The predicted molar refractivity (Wildman–Crippen MR) is 121 cm³/mol. The van der Waals surface area contributed by atoms with E-state index < -0.39 is 0 Å². The summed E-state index contributed by atoms with van der Waals surface area (Å²) in [6.07, 6.45) is 5.15. The molecule has 0 bridgehead atoms. The quantitative estimate of drug-likeness (QED) is 0.447. The van der Waals surface area contributed by atoms with Gasteiger partial charge in [0.15, 0.2) is 0 Å². The summed E-state index contributed by atoms with van der Waals surface area (Å²) < 4.78 is 0. The maximum atomic E-state index is 2.43. The molecule has 2 aromatic carbocycles. The fourth-order valence-electron chi connectivity index (χ4n) is 3.73. The van der Waals surface area contributed by atoms with E-state index in [1.807, 2.05) is 0 Å². The number of hydrogen-bond acceptors (Lipinski definition) is 1. The third-order valence-corrected chi connectivity index (χ3v) is 5.75. The second-order valence-corrected chi connectivity index (χ2v) is 7.61. The molecule has 0 heterocycles. The van der Waals surface area contributed by atoms with Crippen molar-refractivity contribution in [3.8, 4) is 0 Å². The van der Waals surface area contributed by atoms with Crippen LogP contribution in [-0.2, 0) is 0 Å². The zero-order valence-electron chi connectivity index (χ0n) is 18.5. The minimum absolute atomic E-state index is 0.516. The lowest BCUT2D eigenvalue weighted by atomic mass is 9.80.